The highest BCUT2D eigenvalue weighted by Crippen LogP contribution is 2.25. The number of nitrogens with one attached hydrogen (secondary N) is 2. The number of aromatic amines is 2. The fourth-order valence-electron chi connectivity index (χ4n) is 2.13. The van der Waals surface area contributed by atoms with E-state index in [1.165, 1.54) is 5.56 Å². The lowest BCUT2D eigenvalue weighted by Crippen LogP contribution is -2.06. The second-order valence-corrected chi connectivity index (χ2v) is 4.36. The van der Waals surface area contributed by atoms with Crippen molar-refractivity contribution < 1.29 is 0 Å². The first kappa shape index (κ1) is 11.5. The highest BCUT2D eigenvalue weighted by atomic mass is 15.3. The summed E-state index contributed by atoms with van der Waals surface area (Å²) in [4.78, 5) is 7.12. The lowest BCUT2D eigenvalue weighted by atomic mass is 9.94. The quantitative estimate of drug-likeness (QED) is 0.657. The number of anilines is 1. The van der Waals surface area contributed by atoms with Crippen LogP contribution in [0.4, 0.5) is 5.95 Å². The number of benzene rings is 1. The van der Waals surface area contributed by atoms with Crippen molar-refractivity contribution in [3.8, 4) is 0 Å². The van der Waals surface area contributed by atoms with Gasteiger partial charge in [-0.2, -0.15) is 15.4 Å². The van der Waals surface area contributed by atoms with Crippen LogP contribution in [0.2, 0.25) is 0 Å². The molecule has 3 rings (SSSR count). The lowest BCUT2D eigenvalue weighted by Gasteiger charge is -2.12. The second-order valence-electron chi connectivity index (χ2n) is 4.36. The van der Waals surface area contributed by atoms with Crippen LogP contribution in [0.25, 0.3) is 0 Å². The molecule has 2 aromatic heterocycles. The molecule has 0 bridgehead atoms. The van der Waals surface area contributed by atoms with Gasteiger partial charge in [-0.15, -0.1) is 0 Å². The number of rotatable bonds is 4. The van der Waals surface area contributed by atoms with Crippen molar-refractivity contribution in [3.05, 3.63) is 59.7 Å². The molecule has 1 aromatic carbocycles. The van der Waals surface area contributed by atoms with E-state index in [2.05, 4.69) is 37.5 Å². The largest absolute Gasteiger partial charge is 0.369 e. The van der Waals surface area contributed by atoms with Crippen molar-refractivity contribution in [1.29, 1.82) is 0 Å². The summed E-state index contributed by atoms with van der Waals surface area (Å²) in [6.07, 6.45) is 4.29. The van der Waals surface area contributed by atoms with Gasteiger partial charge in [-0.1, -0.05) is 30.3 Å². The Morgan fingerprint density at radius 3 is 2.63 bits per heavy atom. The first-order chi connectivity index (χ1) is 9.33. The summed E-state index contributed by atoms with van der Waals surface area (Å²) in [6, 6.07) is 10.2. The number of H-pyrrole nitrogens is 2. The molecule has 0 spiro atoms. The number of aromatic nitrogens is 5. The molecular formula is C13H14N6. The van der Waals surface area contributed by atoms with Crippen LogP contribution in [0.1, 0.15) is 22.9 Å². The van der Waals surface area contributed by atoms with E-state index in [0.717, 1.165) is 17.8 Å². The maximum Gasteiger partial charge on any atom is 0.197 e. The summed E-state index contributed by atoms with van der Waals surface area (Å²) in [5.41, 5.74) is 8.69. The van der Waals surface area contributed by atoms with E-state index < -0.39 is 0 Å². The summed E-state index contributed by atoms with van der Waals surface area (Å²) < 4.78 is 0. The minimum absolute atomic E-state index is 0.0611. The average molecular weight is 254 g/mol. The van der Waals surface area contributed by atoms with Gasteiger partial charge in [0.25, 0.3) is 0 Å². The average Bonchev–Trinajstić information content (AvgIpc) is 3.09. The predicted molar refractivity (Wildman–Crippen MR) is 71.4 cm³/mol. The molecule has 0 amide bonds. The first-order valence-electron chi connectivity index (χ1n) is 6.03. The SMILES string of the molecule is Nc1ncc(C(Cc2ccccc2)c2cn[nH]n2)[nH]1. The van der Waals surface area contributed by atoms with Gasteiger partial charge in [0, 0.05) is 5.69 Å². The molecule has 6 heteroatoms. The van der Waals surface area contributed by atoms with Crippen molar-refractivity contribution in [2.24, 2.45) is 0 Å². The molecule has 3 aromatic rings. The van der Waals surface area contributed by atoms with E-state index in [1.54, 1.807) is 12.4 Å². The van der Waals surface area contributed by atoms with Gasteiger partial charge in [0.05, 0.1) is 24.0 Å². The second kappa shape index (κ2) is 4.93. The van der Waals surface area contributed by atoms with E-state index >= 15 is 0 Å². The van der Waals surface area contributed by atoms with Gasteiger partial charge in [-0.05, 0) is 12.0 Å². The van der Waals surface area contributed by atoms with Gasteiger partial charge in [0.1, 0.15) is 0 Å². The molecule has 19 heavy (non-hydrogen) atoms. The fourth-order valence-corrected chi connectivity index (χ4v) is 2.13. The van der Waals surface area contributed by atoms with E-state index in [-0.39, 0.29) is 5.92 Å². The van der Waals surface area contributed by atoms with Crippen LogP contribution in [0.3, 0.4) is 0 Å². The zero-order valence-corrected chi connectivity index (χ0v) is 10.2. The highest BCUT2D eigenvalue weighted by Gasteiger charge is 2.19. The summed E-state index contributed by atoms with van der Waals surface area (Å²) in [5, 5.41) is 10.7. The van der Waals surface area contributed by atoms with Crippen molar-refractivity contribution in [1.82, 2.24) is 25.4 Å². The Hall–Kier alpha value is -2.63. The Balaban J connectivity index is 1.93. The number of nitrogens with zero attached hydrogens (tertiary/aromatic N) is 3. The van der Waals surface area contributed by atoms with Gasteiger partial charge < -0.3 is 10.7 Å². The summed E-state index contributed by atoms with van der Waals surface area (Å²) in [7, 11) is 0. The smallest absolute Gasteiger partial charge is 0.197 e. The van der Waals surface area contributed by atoms with E-state index in [4.69, 9.17) is 5.73 Å². The Bertz CT molecular complexity index is 628. The Kier molecular flexibility index (Phi) is 2.97. The van der Waals surface area contributed by atoms with Gasteiger partial charge >= 0.3 is 0 Å². The maximum absolute atomic E-state index is 5.65. The van der Waals surface area contributed by atoms with Gasteiger partial charge in [0.15, 0.2) is 5.95 Å². The number of hydrogen-bond acceptors (Lipinski definition) is 4. The van der Waals surface area contributed by atoms with Gasteiger partial charge in [0.2, 0.25) is 0 Å². The van der Waals surface area contributed by atoms with E-state index in [9.17, 15) is 0 Å². The normalized spacial score (nSPS) is 12.4. The summed E-state index contributed by atoms with van der Waals surface area (Å²) in [6.45, 7) is 0. The molecule has 96 valence electrons. The van der Waals surface area contributed by atoms with Crippen molar-refractivity contribution in [2.45, 2.75) is 12.3 Å². The molecule has 4 N–H and O–H groups in total. The zero-order valence-electron chi connectivity index (χ0n) is 10.2. The molecule has 0 saturated carbocycles. The van der Waals surface area contributed by atoms with Crippen molar-refractivity contribution in [2.75, 3.05) is 5.73 Å². The number of nitrogen functional groups attached to an aromatic ring is 1. The predicted octanol–water partition coefficient (Wildman–Crippen LogP) is 1.48. The number of nitrogens with two attached hydrogens (primary N) is 1. The molecule has 0 fully saturated rings. The number of hydrogen-bond donors (Lipinski definition) is 3. The molecule has 1 unspecified atom stereocenters. The molecule has 0 radical (unpaired) electrons. The third kappa shape index (κ3) is 2.47. The minimum Gasteiger partial charge on any atom is -0.369 e. The van der Waals surface area contributed by atoms with E-state index in [1.807, 2.05) is 18.2 Å². The van der Waals surface area contributed by atoms with Crippen LogP contribution in [-0.4, -0.2) is 25.4 Å². The van der Waals surface area contributed by atoms with E-state index in [0.29, 0.717) is 5.95 Å². The lowest BCUT2D eigenvalue weighted by molar-refractivity contribution is 0.744. The molecule has 0 aliphatic rings. The topological polar surface area (TPSA) is 96.3 Å². The van der Waals surface area contributed by atoms with Crippen molar-refractivity contribution in [3.63, 3.8) is 0 Å². The van der Waals surface area contributed by atoms with Crippen LogP contribution in [0.15, 0.2) is 42.7 Å². The molecule has 2 heterocycles. The van der Waals surface area contributed by atoms with Crippen LogP contribution >= 0.6 is 0 Å². The third-order valence-corrected chi connectivity index (χ3v) is 3.06. The van der Waals surface area contributed by atoms with Gasteiger partial charge in [-0.25, -0.2) is 4.98 Å². The minimum atomic E-state index is 0.0611. The molecule has 0 aliphatic carbocycles. The third-order valence-electron chi connectivity index (χ3n) is 3.06. The Labute approximate surface area is 110 Å². The first-order valence-corrected chi connectivity index (χ1v) is 6.03. The van der Waals surface area contributed by atoms with Crippen LogP contribution < -0.4 is 5.73 Å². The molecule has 0 saturated heterocycles. The van der Waals surface area contributed by atoms with Crippen LogP contribution in [-0.2, 0) is 6.42 Å². The zero-order chi connectivity index (χ0) is 13.1. The monoisotopic (exact) mass is 254 g/mol. The van der Waals surface area contributed by atoms with Gasteiger partial charge in [-0.3, -0.25) is 0 Å². The van der Waals surface area contributed by atoms with Crippen LogP contribution in [0.5, 0.6) is 0 Å². The summed E-state index contributed by atoms with van der Waals surface area (Å²) in [5.74, 6) is 0.475. The standard InChI is InChI=1S/C13H14N6/c14-13-15-7-11(17-13)10(12-8-16-19-18-12)6-9-4-2-1-3-5-9/h1-5,7-8,10H,6H2,(H3,14,15,17)(H,16,18,19). The van der Waals surface area contributed by atoms with Crippen LogP contribution in [0, 0.1) is 0 Å². The molecule has 6 nitrogen and oxygen atoms in total. The molecule has 1 atom stereocenters. The molecule has 0 aliphatic heterocycles. The maximum atomic E-state index is 5.65. The van der Waals surface area contributed by atoms with Crippen molar-refractivity contribution >= 4 is 5.95 Å². The Morgan fingerprint density at radius 1 is 1.16 bits per heavy atom. The fraction of sp³-hybridized carbons (Fsp3) is 0.154. The molecular weight excluding hydrogens is 240 g/mol. The highest BCUT2D eigenvalue weighted by molar-refractivity contribution is 5.29. The Morgan fingerprint density at radius 2 is 2.00 bits per heavy atom. The number of imidazole rings is 1. The summed E-state index contributed by atoms with van der Waals surface area (Å²) >= 11 is 0.